The molecule has 0 unspecified atom stereocenters. The number of benzene rings is 15. The molecule has 470 valence electrons. The van der Waals surface area contributed by atoms with E-state index in [0.717, 1.165) is 61.2 Å². The third-order valence-corrected chi connectivity index (χ3v) is 20.6. The molecule has 0 spiro atoms. The number of aryl methyl sites for hydroxylation is 4. The molecule has 15 aromatic carbocycles. The van der Waals surface area contributed by atoms with E-state index in [2.05, 4.69) is 343 Å². The van der Waals surface area contributed by atoms with Gasteiger partial charge in [-0.15, -0.1) is 0 Å². The Kier molecular flexibility index (Phi) is 12.7. The molecule has 0 saturated heterocycles. The Morgan fingerprint density at radius 1 is 0.180 bits per heavy atom. The molecule has 8 heterocycles. The van der Waals surface area contributed by atoms with Gasteiger partial charge in [0, 0.05) is 53.9 Å². The van der Waals surface area contributed by atoms with Crippen LogP contribution in [0.3, 0.4) is 0 Å². The first kappa shape index (κ1) is 57.2. The summed E-state index contributed by atoms with van der Waals surface area (Å²) in [7, 11) is 0. The van der Waals surface area contributed by atoms with Gasteiger partial charge in [-0.25, -0.2) is 19.9 Å². The molecule has 8 heteroatoms. The molecule has 23 aromatic rings. The van der Waals surface area contributed by atoms with Crippen LogP contribution in [0.1, 0.15) is 22.3 Å². The summed E-state index contributed by atoms with van der Waals surface area (Å²) < 4.78 is 9.24. The Hall–Kier alpha value is -13.0. The molecular weight excluding hydrogens is 1220 g/mol. The molecule has 0 amide bonds. The van der Waals surface area contributed by atoms with Gasteiger partial charge in [0.05, 0.1) is 66.2 Å². The van der Waals surface area contributed by atoms with Gasteiger partial charge in [-0.1, -0.05) is 218 Å². The van der Waals surface area contributed by atoms with Crippen molar-refractivity contribution in [1.29, 1.82) is 0 Å². The number of nitrogens with zero attached hydrogens (tertiary/aromatic N) is 8. The number of hydrogen-bond acceptors (Lipinski definition) is 4. The summed E-state index contributed by atoms with van der Waals surface area (Å²) in [4.78, 5) is 19.9. The average Bonchev–Trinajstić information content (AvgIpc) is 1.51. The highest BCUT2D eigenvalue weighted by Gasteiger charge is 2.20. The van der Waals surface area contributed by atoms with Crippen molar-refractivity contribution in [2.45, 2.75) is 27.7 Å². The quantitative estimate of drug-likeness (QED) is 0.142. The topological polar surface area (TPSA) is 69.2 Å². The maximum Gasteiger partial charge on any atom is 0.147 e. The number of fused-ring (bicyclic) bond motifs is 38. The number of para-hydroxylation sites is 8. The van der Waals surface area contributed by atoms with Crippen molar-refractivity contribution in [3.8, 4) is 0 Å². The number of aromatic nitrogens is 8. The summed E-state index contributed by atoms with van der Waals surface area (Å²) >= 11 is 0. The van der Waals surface area contributed by atoms with Crippen LogP contribution in [0, 0.1) is 27.7 Å². The number of pyridine rings is 4. The van der Waals surface area contributed by atoms with Crippen LogP contribution in [-0.4, -0.2) is 37.5 Å². The Balaban J connectivity index is 0.0000000901. The van der Waals surface area contributed by atoms with Crippen molar-refractivity contribution in [2.75, 3.05) is 0 Å². The molecule has 0 N–H and O–H groups in total. The predicted octanol–water partition coefficient (Wildman–Crippen LogP) is 23.9. The minimum absolute atomic E-state index is 1.03. The first-order valence-electron chi connectivity index (χ1n) is 34.3. The lowest BCUT2D eigenvalue weighted by molar-refractivity contribution is 1.30. The van der Waals surface area contributed by atoms with Gasteiger partial charge in [0.25, 0.3) is 0 Å². The summed E-state index contributed by atoms with van der Waals surface area (Å²) in [5, 5.41) is 22.7. The summed E-state index contributed by atoms with van der Waals surface area (Å²) in [5.74, 6) is 0. The molecule has 0 saturated carbocycles. The van der Waals surface area contributed by atoms with Gasteiger partial charge in [-0.05, 0) is 178 Å². The van der Waals surface area contributed by atoms with Crippen LogP contribution < -0.4 is 0 Å². The van der Waals surface area contributed by atoms with Gasteiger partial charge in [0.15, 0.2) is 0 Å². The van der Waals surface area contributed by atoms with Crippen LogP contribution in [0.5, 0.6) is 0 Å². The normalized spacial score (nSPS) is 12.0. The predicted molar refractivity (Wildman–Crippen MR) is 422 cm³/mol. The van der Waals surface area contributed by atoms with Crippen molar-refractivity contribution >= 4 is 186 Å². The van der Waals surface area contributed by atoms with E-state index in [1.165, 1.54) is 147 Å². The SMILES string of the molecule is Cc1ccc2c(c1)c1c3ccccc3ccc1c1nc3ccccc3n21.Cc1ccc2c3c4ccccc4ccc3c3nc4ccccc4n3c2c1.Cc1ccc2c3ccc4ccccc4c3c3nc4ccccc4n3c2c1.Cc1ccc2c3ccccc3c3nc4ccccc4n3c2c1. The van der Waals surface area contributed by atoms with E-state index >= 15 is 0 Å². The minimum atomic E-state index is 1.03. The third kappa shape index (κ3) is 8.73. The molecule has 0 aliphatic heterocycles. The van der Waals surface area contributed by atoms with Gasteiger partial charge < -0.3 is 0 Å². The van der Waals surface area contributed by atoms with E-state index < -0.39 is 0 Å². The summed E-state index contributed by atoms with van der Waals surface area (Å²) in [6.45, 7) is 8.60. The Labute approximate surface area is 573 Å². The molecular formula is C92H62N8. The lowest BCUT2D eigenvalue weighted by Crippen LogP contribution is -1.93. The van der Waals surface area contributed by atoms with Crippen molar-refractivity contribution in [3.05, 3.63) is 326 Å². The zero-order chi connectivity index (χ0) is 66.4. The Bertz CT molecular complexity index is 7410. The second-order valence-electron chi connectivity index (χ2n) is 26.8. The fraction of sp³-hybridized carbons (Fsp3) is 0.0435. The van der Waals surface area contributed by atoms with Gasteiger partial charge in [-0.3, -0.25) is 17.6 Å². The van der Waals surface area contributed by atoms with E-state index in [1.54, 1.807) is 0 Å². The van der Waals surface area contributed by atoms with Gasteiger partial charge in [-0.2, -0.15) is 0 Å². The highest BCUT2D eigenvalue weighted by molar-refractivity contribution is 6.27. The first-order chi connectivity index (χ1) is 49.3. The summed E-state index contributed by atoms with van der Waals surface area (Å²) in [6, 6.07) is 108. The lowest BCUT2D eigenvalue weighted by Gasteiger charge is -2.12. The first-order valence-corrected chi connectivity index (χ1v) is 34.3. The number of hydrogen-bond donors (Lipinski definition) is 0. The van der Waals surface area contributed by atoms with Gasteiger partial charge in [0.1, 0.15) is 22.6 Å². The molecule has 100 heavy (non-hydrogen) atoms. The molecule has 23 rings (SSSR count). The van der Waals surface area contributed by atoms with E-state index in [9.17, 15) is 0 Å². The van der Waals surface area contributed by atoms with Crippen molar-refractivity contribution in [1.82, 2.24) is 37.5 Å². The van der Waals surface area contributed by atoms with Crippen LogP contribution in [0.15, 0.2) is 303 Å². The zero-order valence-electron chi connectivity index (χ0n) is 55.4. The van der Waals surface area contributed by atoms with Crippen molar-refractivity contribution in [3.63, 3.8) is 0 Å². The molecule has 0 aliphatic rings. The number of rotatable bonds is 0. The third-order valence-electron chi connectivity index (χ3n) is 20.6. The maximum atomic E-state index is 5.04. The molecule has 0 radical (unpaired) electrons. The second-order valence-corrected chi connectivity index (χ2v) is 26.8. The molecule has 0 aliphatic carbocycles. The van der Waals surface area contributed by atoms with E-state index in [0.29, 0.717) is 0 Å². The van der Waals surface area contributed by atoms with Crippen LogP contribution in [0.25, 0.3) is 186 Å². The second kappa shape index (κ2) is 22.3. The van der Waals surface area contributed by atoms with Crippen LogP contribution in [0.2, 0.25) is 0 Å². The fourth-order valence-electron chi connectivity index (χ4n) is 16.1. The lowest BCUT2D eigenvalue weighted by atomic mass is 9.98. The molecule has 0 fully saturated rings. The monoisotopic (exact) mass is 1280 g/mol. The standard InChI is InChI=1S/3C24H16N2.C20H14N2/c1-15-10-13-21-19(14-15)23-17-7-3-2-6-16(17)11-12-18(23)24-25-20-8-4-5-9-22(20)26(21)24;1-15-10-12-18-22(14-15)26-21-9-5-4-8-20(21)25-24(26)19-13-11-16-6-2-3-7-17(16)23(18)19;1-15-10-12-18-19-13-11-16-6-2-3-7-17(16)23(19)24-25-20-8-4-5-9-21(20)26(24)22(18)14-15;1-13-10-11-15-14-6-2-3-7-16(14)20-21-17-8-4-5-9-18(17)22(20)19(15)12-13/h3*2-14H,1H3;2-12H,1H3. The van der Waals surface area contributed by atoms with E-state index in [1.807, 2.05) is 6.07 Å². The Morgan fingerprint density at radius 2 is 0.490 bits per heavy atom. The van der Waals surface area contributed by atoms with E-state index in [4.69, 9.17) is 19.9 Å². The molecule has 0 bridgehead atoms. The van der Waals surface area contributed by atoms with Gasteiger partial charge in [0.2, 0.25) is 0 Å². The van der Waals surface area contributed by atoms with Crippen molar-refractivity contribution in [2.24, 2.45) is 0 Å². The Morgan fingerprint density at radius 3 is 0.980 bits per heavy atom. The minimum Gasteiger partial charge on any atom is -0.292 e. The fourth-order valence-corrected chi connectivity index (χ4v) is 16.1. The number of imidazole rings is 4. The highest BCUT2D eigenvalue weighted by atomic mass is 15.0. The largest absolute Gasteiger partial charge is 0.292 e. The zero-order valence-corrected chi connectivity index (χ0v) is 55.4. The summed E-state index contributed by atoms with van der Waals surface area (Å²) in [6.07, 6.45) is 0. The van der Waals surface area contributed by atoms with Gasteiger partial charge >= 0.3 is 0 Å². The maximum absolute atomic E-state index is 5.04. The molecule has 8 nitrogen and oxygen atoms in total. The molecule has 0 atom stereocenters. The van der Waals surface area contributed by atoms with Crippen LogP contribution >= 0.6 is 0 Å². The van der Waals surface area contributed by atoms with Crippen molar-refractivity contribution < 1.29 is 0 Å². The smallest absolute Gasteiger partial charge is 0.147 e. The molecule has 8 aromatic heterocycles. The summed E-state index contributed by atoms with van der Waals surface area (Å²) in [5.41, 5.74) is 22.9. The average molecular weight is 1280 g/mol. The van der Waals surface area contributed by atoms with Crippen LogP contribution in [-0.2, 0) is 0 Å². The van der Waals surface area contributed by atoms with Crippen LogP contribution in [0.4, 0.5) is 0 Å². The highest BCUT2D eigenvalue weighted by Crippen LogP contribution is 2.41. The van der Waals surface area contributed by atoms with E-state index in [-0.39, 0.29) is 0 Å².